The molecule has 136 valence electrons. The fraction of sp³-hybridized carbons (Fsp3) is 0.556. The molecule has 7 heteroatoms. The highest BCUT2D eigenvalue weighted by Gasteiger charge is 2.25. The van der Waals surface area contributed by atoms with Crippen molar-refractivity contribution in [1.29, 1.82) is 0 Å². The number of rotatable bonds is 5. The Morgan fingerprint density at radius 1 is 1.24 bits per heavy atom. The highest BCUT2D eigenvalue weighted by atomic mass is 32.2. The number of benzene rings is 1. The maximum Gasteiger partial charge on any atom is 0.241 e. The minimum Gasteiger partial charge on any atom is -0.339 e. The van der Waals surface area contributed by atoms with E-state index in [2.05, 4.69) is 21.8 Å². The van der Waals surface area contributed by atoms with Crippen LogP contribution in [0.2, 0.25) is 0 Å². The second-order valence-corrected chi connectivity index (χ2v) is 8.61. The van der Waals surface area contributed by atoms with Crippen molar-refractivity contribution in [3.8, 4) is 11.4 Å². The molecule has 0 saturated heterocycles. The molecule has 1 aromatic heterocycles. The molecule has 0 spiro atoms. The fourth-order valence-corrected chi connectivity index (χ4v) is 4.78. The van der Waals surface area contributed by atoms with Gasteiger partial charge in [-0.2, -0.15) is 4.98 Å². The standard InChI is InChI=1S/C18H25N3O3S/c1-4-17-19-18(20-24-17)14-8-7-13(3)16(11-14)25(22,23)21-15-9-5-12(2)6-10-15/h7-8,11-12,15,21H,4-6,9-10H2,1-3H3. The molecule has 1 aliphatic carbocycles. The lowest BCUT2D eigenvalue weighted by Gasteiger charge is -2.27. The summed E-state index contributed by atoms with van der Waals surface area (Å²) in [5.41, 5.74) is 1.35. The van der Waals surface area contributed by atoms with E-state index in [1.54, 1.807) is 19.1 Å². The Morgan fingerprint density at radius 2 is 1.96 bits per heavy atom. The molecule has 0 amide bonds. The normalized spacial score (nSPS) is 21.4. The van der Waals surface area contributed by atoms with Crippen LogP contribution in [0.1, 0.15) is 51.0 Å². The summed E-state index contributed by atoms with van der Waals surface area (Å²) in [7, 11) is -3.57. The summed E-state index contributed by atoms with van der Waals surface area (Å²) in [6.07, 6.45) is 4.56. The van der Waals surface area contributed by atoms with Gasteiger partial charge in [0.25, 0.3) is 0 Å². The van der Waals surface area contributed by atoms with E-state index in [0.29, 0.717) is 35.2 Å². The van der Waals surface area contributed by atoms with Crippen molar-refractivity contribution in [2.75, 3.05) is 0 Å². The van der Waals surface area contributed by atoms with E-state index in [0.717, 1.165) is 25.7 Å². The Balaban J connectivity index is 1.86. The van der Waals surface area contributed by atoms with Gasteiger partial charge in [0.05, 0.1) is 4.90 Å². The molecule has 1 saturated carbocycles. The van der Waals surface area contributed by atoms with Gasteiger partial charge in [-0.1, -0.05) is 31.1 Å². The Kier molecular flexibility index (Phi) is 5.24. The van der Waals surface area contributed by atoms with Gasteiger partial charge in [-0.25, -0.2) is 13.1 Å². The molecule has 0 aliphatic heterocycles. The molecule has 2 aromatic rings. The quantitative estimate of drug-likeness (QED) is 0.879. The van der Waals surface area contributed by atoms with Crippen LogP contribution in [0, 0.1) is 12.8 Å². The number of aryl methyl sites for hydroxylation is 2. The van der Waals surface area contributed by atoms with Gasteiger partial charge < -0.3 is 4.52 Å². The maximum absolute atomic E-state index is 12.9. The van der Waals surface area contributed by atoms with Crippen LogP contribution in [-0.2, 0) is 16.4 Å². The third kappa shape index (κ3) is 4.10. The first kappa shape index (κ1) is 18.1. The van der Waals surface area contributed by atoms with Crippen LogP contribution in [0.4, 0.5) is 0 Å². The van der Waals surface area contributed by atoms with Gasteiger partial charge in [0.15, 0.2) is 0 Å². The van der Waals surface area contributed by atoms with Crippen LogP contribution in [0.5, 0.6) is 0 Å². The molecule has 25 heavy (non-hydrogen) atoms. The lowest BCUT2D eigenvalue weighted by molar-refractivity contribution is 0.332. The second kappa shape index (κ2) is 7.25. The predicted octanol–water partition coefficient (Wildman–Crippen LogP) is 3.46. The molecule has 1 fully saturated rings. The minimum atomic E-state index is -3.57. The highest BCUT2D eigenvalue weighted by Crippen LogP contribution is 2.27. The van der Waals surface area contributed by atoms with Gasteiger partial charge in [-0.15, -0.1) is 0 Å². The molecular formula is C18H25N3O3S. The van der Waals surface area contributed by atoms with Crippen molar-refractivity contribution < 1.29 is 12.9 Å². The molecule has 3 rings (SSSR count). The third-order valence-electron chi connectivity index (χ3n) is 4.84. The summed E-state index contributed by atoms with van der Waals surface area (Å²) in [6, 6.07) is 5.25. The molecule has 0 unspecified atom stereocenters. The molecule has 1 heterocycles. The lowest BCUT2D eigenvalue weighted by Crippen LogP contribution is -2.37. The fourth-order valence-electron chi connectivity index (χ4n) is 3.21. The number of hydrogen-bond donors (Lipinski definition) is 1. The van der Waals surface area contributed by atoms with Gasteiger partial charge in [-0.05, 0) is 50.2 Å². The number of aromatic nitrogens is 2. The summed E-state index contributed by atoms with van der Waals surface area (Å²) in [6.45, 7) is 5.94. The van der Waals surface area contributed by atoms with Gasteiger partial charge in [0, 0.05) is 18.0 Å². The summed E-state index contributed by atoms with van der Waals surface area (Å²) >= 11 is 0. The Labute approximate surface area is 149 Å². The van der Waals surface area contributed by atoms with Crippen molar-refractivity contribution in [2.45, 2.75) is 63.8 Å². The topological polar surface area (TPSA) is 85.1 Å². The smallest absolute Gasteiger partial charge is 0.241 e. The van der Waals surface area contributed by atoms with Gasteiger partial charge in [0.1, 0.15) is 0 Å². The average molecular weight is 363 g/mol. The van der Waals surface area contributed by atoms with Crippen molar-refractivity contribution in [3.63, 3.8) is 0 Å². The zero-order valence-corrected chi connectivity index (χ0v) is 15.8. The van der Waals surface area contributed by atoms with Crippen LogP contribution in [0.3, 0.4) is 0 Å². The van der Waals surface area contributed by atoms with Crippen molar-refractivity contribution >= 4 is 10.0 Å². The van der Waals surface area contributed by atoms with E-state index < -0.39 is 10.0 Å². The van der Waals surface area contributed by atoms with Crippen LogP contribution < -0.4 is 4.72 Å². The van der Waals surface area contributed by atoms with Gasteiger partial charge >= 0.3 is 0 Å². The largest absolute Gasteiger partial charge is 0.339 e. The van der Waals surface area contributed by atoms with E-state index in [-0.39, 0.29) is 10.9 Å². The van der Waals surface area contributed by atoms with Crippen LogP contribution >= 0.6 is 0 Å². The summed E-state index contributed by atoms with van der Waals surface area (Å²) < 4.78 is 33.7. The van der Waals surface area contributed by atoms with Crippen LogP contribution in [0.15, 0.2) is 27.6 Å². The minimum absolute atomic E-state index is 0.0149. The number of hydrogen-bond acceptors (Lipinski definition) is 5. The molecule has 0 atom stereocenters. The molecule has 0 radical (unpaired) electrons. The molecule has 1 N–H and O–H groups in total. The van der Waals surface area contributed by atoms with Crippen LogP contribution in [0.25, 0.3) is 11.4 Å². The lowest BCUT2D eigenvalue weighted by atomic mass is 9.88. The summed E-state index contributed by atoms with van der Waals surface area (Å²) in [5.74, 6) is 1.63. The summed E-state index contributed by atoms with van der Waals surface area (Å²) in [4.78, 5) is 4.57. The van der Waals surface area contributed by atoms with E-state index in [1.807, 2.05) is 13.0 Å². The number of sulfonamides is 1. The average Bonchev–Trinajstić information content (AvgIpc) is 3.06. The Bertz CT molecular complexity index is 837. The molecule has 1 aliphatic rings. The van der Waals surface area contributed by atoms with E-state index >= 15 is 0 Å². The maximum atomic E-state index is 12.9. The van der Waals surface area contributed by atoms with Crippen molar-refractivity contribution in [1.82, 2.24) is 14.9 Å². The summed E-state index contributed by atoms with van der Waals surface area (Å²) in [5, 5.41) is 3.93. The second-order valence-electron chi connectivity index (χ2n) is 6.92. The molecule has 1 aromatic carbocycles. The Hall–Kier alpha value is -1.73. The van der Waals surface area contributed by atoms with E-state index in [4.69, 9.17) is 4.52 Å². The zero-order valence-electron chi connectivity index (χ0n) is 14.9. The molecule has 0 bridgehead atoms. The zero-order chi connectivity index (χ0) is 18.0. The van der Waals surface area contributed by atoms with E-state index in [1.165, 1.54) is 0 Å². The van der Waals surface area contributed by atoms with Crippen LogP contribution in [-0.4, -0.2) is 24.6 Å². The number of nitrogens with one attached hydrogen (secondary N) is 1. The predicted molar refractivity (Wildman–Crippen MR) is 95.6 cm³/mol. The molecule has 6 nitrogen and oxygen atoms in total. The number of nitrogens with zero attached hydrogens (tertiary/aromatic N) is 2. The first-order valence-corrected chi connectivity index (χ1v) is 10.3. The third-order valence-corrected chi connectivity index (χ3v) is 6.51. The van der Waals surface area contributed by atoms with Gasteiger partial charge in [-0.3, -0.25) is 0 Å². The first-order chi connectivity index (χ1) is 11.9. The molecular weight excluding hydrogens is 338 g/mol. The Morgan fingerprint density at radius 3 is 2.60 bits per heavy atom. The van der Waals surface area contributed by atoms with Crippen molar-refractivity contribution in [3.05, 3.63) is 29.7 Å². The monoisotopic (exact) mass is 363 g/mol. The SMILES string of the molecule is CCc1nc(-c2ccc(C)c(S(=O)(=O)NC3CCC(C)CC3)c2)no1. The highest BCUT2D eigenvalue weighted by molar-refractivity contribution is 7.89. The van der Waals surface area contributed by atoms with E-state index in [9.17, 15) is 8.42 Å². The first-order valence-electron chi connectivity index (χ1n) is 8.85. The van der Waals surface area contributed by atoms with Crippen molar-refractivity contribution in [2.24, 2.45) is 5.92 Å². The van der Waals surface area contributed by atoms with Gasteiger partial charge in [0.2, 0.25) is 21.7 Å².